The molecular formula is C18H24N2O6. The number of hydrogen-bond acceptors (Lipinski definition) is 5. The molecule has 2 atom stereocenters. The van der Waals surface area contributed by atoms with E-state index >= 15 is 0 Å². The van der Waals surface area contributed by atoms with Crippen LogP contribution in [0, 0.1) is 0 Å². The lowest BCUT2D eigenvalue weighted by Crippen LogP contribution is -2.42. The van der Waals surface area contributed by atoms with Crippen LogP contribution in [0.1, 0.15) is 32.8 Å². The fourth-order valence-corrected chi connectivity index (χ4v) is 2.65. The molecule has 1 fully saturated rings. The average Bonchev–Trinajstić information content (AvgIpc) is 2.95. The van der Waals surface area contributed by atoms with Gasteiger partial charge in [0.1, 0.15) is 18.2 Å². The monoisotopic (exact) mass is 364 g/mol. The van der Waals surface area contributed by atoms with Crippen molar-refractivity contribution in [3.05, 3.63) is 35.9 Å². The number of carbonyl (C=O) groups is 3. The van der Waals surface area contributed by atoms with E-state index in [4.69, 9.17) is 9.47 Å². The summed E-state index contributed by atoms with van der Waals surface area (Å²) in [4.78, 5) is 36.7. The summed E-state index contributed by atoms with van der Waals surface area (Å²) in [6.07, 6.45) is -1.28. The van der Waals surface area contributed by atoms with Crippen molar-refractivity contribution in [2.45, 2.75) is 51.5 Å². The van der Waals surface area contributed by atoms with E-state index in [9.17, 15) is 19.5 Å². The number of alkyl carbamates (subject to hydrolysis) is 1. The second kappa shape index (κ2) is 8.07. The summed E-state index contributed by atoms with van der Waals surface area (Å²) in [7, 11) is 0. The minimum absolute atomic E-state index is 0.0455. The van der Waals surface area contributed by atoms with E-state index in [1.807, 2.05) is 18.2 Å². The van der Waals surface area contributed by atoms with Gasteiger partial charge in [-0.15, -0.1) is 0 Å². The lowest BCUT2D eigenvalue weighted by Gasteiger charge is -2.22. The van der Waals surface area contributed by atoms with Crippen LogP contribution < -0.4 is 5.32 Å². The topological polar surface area (TPSA) is 105 Å². The third kappa shape index (κ3) is 5.65. The summed E-state index contributed by atoms with van der Waals surface area (Å²) in [5, 5.41) is 12.0. The standard InChI is InChI=1S/C18H24N2O6/c1-18(2,3)26-16(23)19-13-9-14(15(21)22)20(10-13)17(24)25-11-12-7-5-4-6-8-12/h4-8,13-14H,9-11H2,1-3H3,(H,19,23)(H,21,22)/t13-,14-/m0/s1. The maximum Gasteiger partial charge on any atom is 0.410 e. The number of amides is 2. The Morgan fingerprint density at radius 2 is 1.88 bits per heavy atom. The molecule has 2 rings (SSSR count). The minimum atomic E-state index is -1.14. The molecule has 1 aromatic carbocycles. The lowest BCUT2D eigenvalue weighted by molar-refractivity contribution is -0.141. The van der Waals surface area contributed by atoms with Crippen molar-refractivity contribution in [3.8, 4) is 0 Å². The van der Waals surface area contributed by atoms with Crippen molar-refractivity contribution >= 4 is 18.2 Å². The van der Waals surface area contributed by atoms with E-state index in [1.165, 1.54) is 0 Å². The highest BCUT2D eigenvalue weighted by atomic mass is 16.6. The van der Waals surface area contributed by atoms with Crippen LogP contribution in [0.25, 0.3) is 0 Å². The molecule has 0 bridgehead atoms. The molecule has 1 aliphatic heterocycles. The van der Waals surface area contributed by atoms with Crippen LogP contribution in [0.2, 0.25) is 0 Å². The number of aliphatic carboxylic acids is 1. The first-order chi connectivity index (χ1) is 12.2. The number of carbonyl (C=O) groups excluding carboxylic acids is 2. The normalized spacial score (nSPS) is 19.7. The van der Waals surface area contributed by atoms with Crippen molar-refractivity contribution in [2.24, 2.45) is 0 Å². The van der Waals surface area contributed by atoms with Gasteiger partial charge in [0.2, 0.25) is 0 Å². The lowest BCUT2D eigenvalue weighted by atomic mass is 10.2. The third-order valence-electron chi connectivity index (χ3n) is 3.75. The van der Waals surface area contributed by atoms with Crippen LogP contribution in [-0.4, -0.2) is 52.4 Å². The quantitative estimate of drug-likeness (QED) is 0.850. The summed E-state index contributed by atoms with van der Waals surface area (Å²) >= 11 is 0. The van der Waals surface area contributed by atoms with Crippen LogP contribution >= 0.6 is 0 Å². The second-order valence-electron chi connectivity index (χ2n) is 7.13. The van der Waals surface area contributed by atoms with E-state index in [-0.39, 0.29) is 19.6 Å². The second-order valence-corrected chi connectivity index (χ2v) is 7.13. The summed E-state index contributed by atoms with van der Waals surface area (Å²) in [5.74, 6) is -1.14. The van der Waals surface area contributed by atoms with E-state index in [2.05, 4.69) is 5.32 Å². The Bertz CT molecular complexity index is 655. The Morgan fingerprint density at radius 1 is 1.23 bits per heavy atom. The molecule has 1 aliphatic rings. The number of nitrogens with zero attached hydrogens (tertiary/aromatic N) is 1. The smallest absolute Gasteiger partial charge is 0.410 e. The molecule has 0 aromatic heterocycles. The number of benzene rings is 1. The molecule has 1 aromatic rings. The molecular weight excluding hydrogens is 340 g/mol. The van der Waals surface area contributed by atoms with Gasteiger partial charge in [0.25, 0.3) is 0 Å². The Morgan fingerprint density at radius 3 is 2.46 bits per heavy atom. The summed E-state index contributed by atoms with van der Waals surface area (Å²) in [6, 6.07) is 7.52. The molecule has 0 unspecified atom stereocenters. The molecule has 0 spiro atoms. The highest BCUT2D eigenvalue weighted by Gasteiger charge is 2.41. The summed E-state index contributed by atoms with van der Waals surface area (Å²) < 4.78 is 10.4. The van der Waals surface area contributed by atoms with Gasteiger partial charge in [0.15, 0.2) is 0 Å². The number of carboxylic acids is 1. The molecule has 8 heteroatoms. The van der Waals surface area contributed by atoms with Gasteiger partial charge in [0, 0.05) is 13.0 Å². The van der Waals surface area contributed by atoms with Crippen molar-refractivity contribution in [2.75, 3.05) is 6.54 Å². The molecule has 0 saturated carbocycles. The molecule has 1 heterocycles. The van der Waals surface area contributed by atoms with Gasteiger partial charge in [-0.1, -0.05) is 30.3 Å². The summed E-state index contributed by atoms with van der Waals surface area (Å²) in [5.41, 5.74) is 0.138. The van der Waals surface area contributed by atoms with Crippen LogP contribution in [0.15, 0.2) is 30.3 Å². The van der Waals surface area contributed by atoms with Gasteiger partial charge in [-0.2, -0.15) is 0 Å². The fourth-order valence-electron chi connectivity index (χ4n) is 2.65. The van der Waals surface area contributed by atoms with Crippen molar-refractivity contribution < 1.29 is 29.0 Å². The zero-order valence-corrected chi connectivity index (χ0v) is 15.1. The molecule has 1 saturated heterocycles. The molecule has 8 nitrogen and oxygen atoms in total. The SMILES string of the molecule is CC(C)(C)OC(=O)N[C@H]1C[C@@H](C(=O)O)N(C(=O)OCc2ccccc2)C1. The van der Waals surface area contributed by atoms with E-state index in [0.717, 1.165) is 10.5 Å². The first-order valence-corrected chi connectivity index (χ1v) is 8.35. The van der Waals surface area contributed by atoms with E-state index < -0.39 is 35.8 Å². The van der Waals surface area contributed by atoms with Crippen molar-refractivity contribution in [3.63, 3.8) is 0 Å². The van der Waals surface area contributed by atoms with Gasteiger partial charge in [-0.3, -0.25) is 4.90 Å². The number of rotatable bonds is 4. The minimum Gasteiger partial charge on any atom is -0.480 e. The zero-order chi connectivity index (χ0) is 19.3. The Hall–Kier alpha value is -2.77. The van der Waals surface area contributed by atoms with Gasteiger partial charge in [-0.05, 0) is 26.3 Å². The van der Waals surface area contributed by atoms with Gasteiger partial charge in [0.05, 0.1) is 6.04 Å². The number of hydrogen-bond donors (Lipinski definition) is 2. The van der Waals surface area contributed by atoms with Gasteiger partial charge >= 0.3 is 18.2 Å². The molecule has 142 valence electrons. The molecule has 2 amide bonds. The highest BCUT2D eigenvalue weighted by Crippen LogP contribution is 2.20. The number of ether oxygens (including phenoxy) is 2. The van der Waals surface area contributed by atoms with E-state index in [0.29, 0.717) is 0 Å². The van der Waals surface area contributed by atoms with Crippen LogP contribution in [-0.2, 0) is 20.9 Å². The van der Waals surface area contributed by atoms with Crippen LogP contribution in [0.3, 0.4) is 0 Å². The third-order valence-corrected chi connectivity index (χ3v) is 3.75. The first kappa shape index (κ1) is 19.6. The first-order valence-electron chi connectivity index (χ1n) is 8.35. The Labute approximate surface area is 152 Å². The fraction of sp³-hybridized carbons (Fsp3) is 0.500. The van der Waals surface area contributed by atoms with Gasteiger partial charge < -0.3 is 19.9 Å². The van der Waals surface area contributed by atoms with Crippen LogP contribution in [0.4, 0.5) is 9.59 Å². The number of likely N-dealkylation sites (tertiary alicyclic amines) is 1. The van der Waals surface area contributed by atoms with E-state index in [1.54, 1.807) is 32.9 Å². The number of nitrogens with one attached hydrogen (secondary N) is 1. The Kier molecular flexibility index (Phi) is 6.07. The molecule has 0 radical (unpaired) electrons. The molecule has 0 aliphatic carbocycles. The molecule has 26 heavy (non-hydrogen) atoms. The van der Waals surface area contributed by atoms with Crippen LogP contribution in [0.5, 0.6) is 0 Å². The number of carboxylic acid groups (broad SMARTS) is 1. The highest BCUT2D eigenvalue weighted by molar-refractivity contribution is 5.81. The average molecular weight is 364 g/mol. The Balaban J connectivity index is 1.94. The largest absolute Gasteiger partial charge is 0.480 e. The predicted octanol–water partition coefficient (Wildman–Crippen LogP) is 2.38. The molecule has 2 N–H and O–H groups in total. The maximum absolute atomic E-state index is 12.3. The van der Waals surface area contributed by atoms with Crippen molar-refractivity contribution in [1.29, 1.82) is 0 Å². The zero-order valence-electron chi connectivity index (χ0n) is 15.1. The maximum atomic E-state index is 12.3. The van der Waals surface area contributed by atoms with Crippen molar-refractivity contribution in [1.82, 2.24) is 10.2 Å². The van der Waals surface area contributed by atoms with Gasteiger partial charge in [-0.25, -0.2) is 14.4 Å². The predicted molar refractivity (Wildman–Crippen MR) is 92.5 cm³/mol. The summed E-state index contributed by atoms with van der Waals surface area (Å²) in [6.45, 7) is 5.29.